The second-order valence-corrected chi connectivity index (χ2v) is 4.30. The summed E-state index contributed by atoms with van der Waals surface area (Å²) in [5.74, 6) is 1.51. The second-order valence-electron chi connectivity index (χ2n) is 4.30. The Morgan fingerprint density at radius 3 is 2.74 bits per heavy atom. The van der Waals surface area contributed by atoms with Crippen molar-refractivity contribution in [2.75, 3.05) is 14.2 Å². The molecule has 0 radical (unpaired) electrons. The lowest BCUT2D eigenvalue weighted by molar-refractivity contribution is 0.400. The number of hydrogen-bond donors (Lipinski definition) is 0. The Kier molecular flexibility index (Phi) is 4.39. The maximum absolute atomic E-state index is 5.35. The Morgan fingerprint density at radius 2 is 2.05 bits per heavy atom. The summed E-state index contributed by atoms with van der Waals surface area (Å²) in [6.45, 7) is 2.16. The molecular formula is C14H19N3O2. The SMILES string of the molecule is CCCCc1cn(-c2cc(OC)ccc2OC)nn1. The molecule has 0 atom stereocenters. The van der Waals surface area contributed by atoms with Crippen LogP contribution in [-0.2, 0) is 6.42 Å². The zero-order valence-corrected chi connectivity index (χ0v) is 11.6. The van der Waals surface area contributed by atoms with Crippen LogP contribution in [-0.4, -0.2) is 29.2 Å². The molecule has 2 rings (SSSR count). The van der Waals surface area contributed by atoms with Gasteiger partial charge in [0.2, 0.25) is 0 Å². The molecule has 0 aliphatic rings. The van der Waals surface area contributed by atoms with Crippen LogP contribution >= 0.6 is 0 Å². The molecule has 1 heterocycles. The normalized spacial score (nSPS) is 10.5. The van der Waals surface area contributed by atoms with E-state index < -0.39 is 0 Å². The van der Waals surface area contributed by atoms with E-state index in [1.807, 2.05) is 24.4 Å². The van der Waals surface area contributed by atoms with Gasteiger partial charge in [0.25, 0.3) is 0 Å². The number of ether oxygens (including phenoxy) is 2. The van der Waals surface area contributed by atoms with Gasteiger partial charge in [-0.2, -0.15) is 0 Å². The molecule has 0 saturated heterocycles. The minimum atomic E-state index is 0.743. The highest BCUT2D eigenvalue weighted by molar-refractivity contribution is 5.50. The van der Waals surface area contributed by atoms with Gasteiger partial charge in [-0.1, -0.05) is 18.6 Å². The molecule has 0 unspecified atom stereocenters. The maximum atomic E-state index is 5.35. The van der Waals surface area contributed by atoms with Crippen molar-refractivity contribution in [3.63, 3.8) is 0 Å². The fourth-order valence-electron chi connectivity index (χ4n) is 1.86. The molecule has 1 aromatic heterocycles. The van der Waals surface area contributed by atoms with Gasteiger partial charge in [-0.25, -0.2) is 4.68 Å². The summed E-state index contributed by atoms with van der Waals surface area (Å²) in [5.41, 5.74) is 1.82. The van der Waals surface area contributed by atoms with E-state index in [9.17, 15) is 0 Å². The van der Waals surface area contributed by atoms with Crippen molar-refractivity contribution in [1.29, 1.82) is 0 Å². The van der Waals surface area contributed by atoms with Gasteiger partial charge in [0.1, 0.15) is 17.2 Å². The number of aryl methyl sites for hydroxylation is 1. The molecule has 0 fully saturated rings. The van der Waals surface area contributed by atoms with E-state index in [-0.39, 0.29) is 0 Å². The van der Waals surface area contributed by atoms with Gasteiger partial charge in [-0.15, -0.1) is 5.10 Å². The zero-order valence-electron chi connectivity index (χ0n) is 11.6. The predicted molar refractivity (Wildman–Crippen MR) is 73.1 cm³/mol. The lowest BCUT2D eigenvalue weighted by Crippen LogP contribution is -1.99. The van der Waals surface area contributed by atoms with Gasteiger partial charge in [-0.05, 0) is 25.0 Å². The maximum Gasteiger partial charge on any atom is 0.144 e. The topological polar surface area (TPSA) is 49.2 Å². The van der Waals surface area contributed by atoms with Crippen LogP contribution in [0.4, 0.5) is 0 Å². The highest BCUT2D eigenvalue weighted by Gasteiger charge is 2.09. The number of methoxy groups -OCH3 is 2. The summed E-state index contributed by atoms with van der Waals surface area (Å²) in [4.78, 5) is 0. The Hall–Kier alpha value is -2.04. The average molecular weight is 261 g/mol. The second kappa shape index (κ2) is 6.22. The zero-order chi connectivity index (χ0) is 13.7. The predicted octanol–water partition coefficient (Wildman–Crippen LogP) is 2.63. The molecule has 5 heteroatoms. The molecular weight excluding hydrogens is 242 g/mol. The van der Waals surface area contributed by atoms with E-state index in [2.05, 4.69) is 17.2 Å². The van der Waals surface area contributed by atoms with E-state index in [1.54, 1.807) is 18.9 Å². The smallest absolute Gasteiger partial charge is 0.144 e. The van der Waals surface area contributed by atoms with Gasteiger partial charge >= 0.3 is 0 Å². The first-order chi connectivity index (χ1) is 9.28. The Labute approximate surface area is 113 Å². The fourth-order valence-corrected chi connectivity index (χ4v) is 1.86. The third kappa shape index (κ3) is 3.05. The van der Waals surface area contributed by atoms with Gasteiger partial charge in [0.05, 0.1) is 26.1 Å². The number of rotatable bonds is 6. The van der Waals surface area contributed by atoms with Crippen LogP contribution in [0.3, 0.4) is 0 Å². The van der Waals surface area contributed by atoms with E-state index in [0.29, 0.717) is 0 Å². The van der Waals surface area contributed by atoms with Crippen LogP contribution in [0.15, 0.2) is 24.4 Å². The van der Waals surface area contributed by atoms with E-state index in [4.69, 9.17) is 9.47 Å². The van der Waals surface area contributed by atoms with Crippen molar-refractivity contribution in [2.45, 2.75) is 26.2 Å². The molecule has 0 spiro atoms. The van der Waals surface area contributed by atoms with Crippen molar-refractivity contribution >= 4 is 0 Å². The number of aromatic nitrogens is 3. The van der Waals surface area contributed by atoms with Crippen LogP contribution in [0.25, 0.3) is 5.69 Å². The van der Waals surface area contributed by atoms with Crippen molar-refractivity contribution in [3.8, 4) is 17.2 Å². The van der Waals surface area contributed by atoms with Crippen molar-refractivity contribution < 1.29 is 9.47 Å². The third-order valence-corrected chi connectivity index (χ3v) is 2.96. The highest BCUT2D eigenvalue weighted by atomic mass is 16.5. The fraction of sp³-hybridized carbons (Fsp3) is 0.429. The molecule has 102 valence electrons. The molecule has 0 aliphatic carbocycles. The van der Waals surface area contributed by atoms with Gasteiger partial charge in [0.15, 0.2) is 0 Å². The molecule has 0 saturated carbocycles. The summed E-state index contributed by atoms with van der Waals surface area (Å²) in [7, 11) is 3.28. The van der Waals surface area contributed by atoms with E-state index >= 15 is 0 Å². The molecule has 19 heavy (non-hydrogen) atoms. The summed E-state index contributed by atoms with van der Waals surface area (Å²) < 4.78 is 12.3. The lowest BCUT2D eigenvalue weighted by Gasteiger charge is -2.09. The molecule has 0 aliphatic heterocycles. The summed E-state index contributed by atoms with van der Waals surface area (Å²) in [6, 6.07) is 5.61. The van der Waals surface area contributed by atoms with Gasteiger partial charge in [0, 0.05) is 6.07 Å². The molecule has 0 bridgehead atoms. The first kappa shape index (κ1) is 13.4. The van der Waals surface area contributed by atoms with E-state index in [0.717, 1.165) is 42.1 Å². The molecule has 1 aromatic carbocycles. The summed E-state index contributed by atoms with van der Waals surface area (Å²) >= 11 is 0. The van der Waals surface area contributed by atoms with Crippen molar-refractivity contribution in [1.82, 2.24) is 15.0 Å². The Morgan fingerprint density at radius 1 is 1.21 bits per heavy atom. The highest BCUT2D eigenvalue weighted by Crippen LogP contribution is 2.26. The quantitative estimate of drug-likeness (QED) is 0.802. The van der Waals surface area contributed by atoms with E-state index in [1.165, 1.54) is 0 Å². The number of nitrogens with zero attached hydrogens (tertiary/aromatic N) is 3. The van der Waals surface area contributed by atoms with Crippen LogP contribution < -0.4 is 9.47 Å². The van der Waals surface area contributed by atoms with Gasteiger partial charge < -0.3 is 9.47 Å². The minimum Gasteiger partial charge on any atom is -0.497 e. The number of unbranched alkanes of at least 4 members (excludes halogenated alkanes) is 1. The first-order valence-electron chi connectivity index (χ1n) is 6.42. The van der Waals surface area contributed by atoms with Crippen molar-refractivity contribution in [3.05, 3.63) is 30.1 Å². The minimum absolute atomic E-state index is 0.743. The first-order valence-corrected chi connectivity index (χ1v) is 6.42. The van der Waals surface area contributed by atoms with Crippen LogP contribution in [0, 0.1) is 0 Å². The standard InChI is InChI=1S/C14H19N3O2/c1-4-5-6-11-10-17(16-15-11)13-9-12(18-2)7-8-14(13)19-3/h7-10H,4-6H2,1-3H3. The molecule has 0 amide bonds. The van der Waals surface area contributed by atoms with Crippen LogP contribution in [0.2, 0.25) is 0 Å². The molecule has 5 nitrogen and oxygen atoms in total. The van der Waals surface area contributed by atoms with Crippen LogP contribution in [0.5, 0.6) is 11.5 Å². The molecule has 2 aromatic rings. The lowest BCUT2D eigenvalue weighted by atomic mass is 10.2. The monoisotopic (exact) mass is 261 g/mol. The van der Waals surface area contributed by atoms with Crippen molar-refractivity contribution in [2.24, 2.45) is 0 Å². The third-order valence-electron chi connectivity index (χ3n) is 2.96. The van der Waals surface area contributed by atoms with Crippen LogP contribution in [0.1, 0.15) is 25.5 Å². The summed E-state index contributed by atoms with van der Waals surface area (Å²) in [6.07, 6.45) is 5.15. The largest absolute Gasteiger partial charge is 0.497 e. The summed E-state index contributed by atoms with van der Waals surface area (Å²) in [5, 5.41) is 8.33. The molecule has 0 N–H and O–H groups in total. The van der Waals surface area contributed by atoms with Gasteiger partial charge in [-0.3, -0.25) is 0 Å². The average Bonchev–Trinajstić information content (AvgIpc) is 2.93. The Bertz CT molecular complexity index is 537. The Balaban J connectivity index is 2.31. The number of benzene rings is 1. The number of hydrogen-bond acceptors (Lipinski definition) is 4.